The molecule has 0 aliphatic carbocycles. The molecule has 34 heavy (non-hydrogen) atoms. The summed E-state index contributed by atoms with van der Waals surface area (Å²) in [5.41, 5.74) is 0.746. The Bertz CT molecular complexity index is 1110. The molecule has 0 saturated heterocycles. The molecule has 2 aromatic rings. The fourth-order valence-corrected chi connectivity index (χ4v) is 4.30. The third-order valence-corrected chi connectivity index (χ3v) is 6.82. The van der Waals surface area contributed by atoms with Gasteiger partial charge in [-0.3, -0.25) is 13.9 Å². The SMILES string of the molecule is CCCCNC(=O)C(C)N(Cc1ccc(Cl)cc1)C(=O)CN(c1ccc(F)c(Cl)c1)S(C)(=O)=O. The van der Waals surface area contributed by atoms with Crippen molar-refractivity contribution in [2.45, 2.75) is 39.3 Å². The van der Waals surface area contributed by atoms with Crippen LogP contribution in [-0.4, -0.2) is 50.5 Å². The Morgan fingerprint density at radius 1 is 1.12 bits per heavy atom. The van der Waals surface area contributed by atoms with Gasteiger partial charge >= 0.3 is 0 Å². The summed E-state index contributed by atoms with van der Waals surface area (Å²) < 4.78 is 39.4. The quantitative estimate of drug-likeness (QED) is 0.439. The van der Waals surface area contributed by atoms with Crippen LogP contribution in [0.2, 0.25) is 10.0 Å². The van der Waals surface area contributed by atoms with E-state index < -0.39 is 34.3 Å². The summed E-state index contributed by atoms with van der Waals surface area (Å²) in [4.78, 5) is 27.4. The predicted octanol–water partition coefficient (Wildman–Crippen LogP) is 4.23. The van der Waals surface area contributed by atoms with Gasteiger partial charge in [-0.25, -0.2) is 12.8 Å². The van der Waals surface area contributed by atoms with Gasteiger partial charge in [0.25, 0.3) is 0 Å². The van der Waals surface area contributed by atoms with Crippen LogP contribution in [0.4, 0.5) is 10.1 Å². The zero-order valence-corrected chi connectivity index (χ0v) is 21.6. The van der Waals surface area contributed by atoms with E-state index >= 15 is 0 Å². The average Bonchev–Trinajstić information content (AvgIpc) is 2.77. The Morgan fingerprint density at radius 3 is 2.32 bits per heavy atom. The lowest BCUT2D eigenvalue weighted by Crippen LogP contribution is -2.51. The number of halogens is 3. The van der Waals surface area contributed by atoms with Crippen molar-refractivity contribution in [2.24, 2.45) is 0 Å². The summed E-state index contributed by atoms with van der Waals surface area (Å²) in [5.74, 6) is -1.68. The number of carbonyl (C=O) groups is 2. The second-order valence-electron chi connectivity index (χ2n) is 7.84. The van der Waals surface area contributed by atoms with E-state index in [4.69, 9.17) is 23.2 Å². The molecule has 1 N–H and O–H groups in total. The van der Waals surface area contributed by atoms with Gasteiger partial charge in [-0.15, -0.1) is 0 Å². The number of nitrogens with one attached hydrogen (secondary N) is 1. The van der Waals surface area contributed by atoms with Crippen LogP contribution in [0.15, 0.2) is 42.5 Å². The van der Waals surface area contributed by atoms with Crippen LogP contribution in [-0.2, 0) is 26.2 Å². The average molecular weight is 532 g/mol. The zero-order valence-electron chi connectivity index (χ0n) is 19.2. The molecule has 0 aliphatic rings. The van der Waals surface area contributed by atoms with Gasteiger partial charge in [-0.2, -0.15) is 0 Å². The first-order valence-electron chi connectivity index (χ1n) is 10.7. The number of unbranched alkanes of at least 4 members (excludes halogenated alkanes) is 1. The normalized spacial score (nSPS) is 12.2. The van der Waals surface area contributed by atoms with E-state index in [2.05, 4.69) is 5.32 Å². The molecule has 11 heteroatoms. The number of nitrogens with zero attached hydrogens (tertiary/aromatic N) is 2. The van der Waals surface area contributed by atoms with Crippen molar-refractivity contribution >= 4 is 50.7 Å². The van der Waals surface area contributed by atoms with Crippen LogP contribution in [0.3, 0.4) is 0 Å². The van der Waals surface area contributed by atoms with E-state index in [9.17, 15) is 22.4 Å². The summed E-state index contributed by atoms with van der Waals surface area (Å²) in [5, 5.41) is 3.04. The second-order valence-corrected chi connectivity index (χ2v) is 10.6. The Kier molecular flexibility index (Phi) is 10.1. The van der Waals surface area contributed by atoms with Crippen LogP contribution in [0.1, 0.15) is 32.3 Å². The highest BCUT2D eigenvalue weighted by Gasteiger charge is 2.30. The largest absolute Gasteiger partial charge is 0.354 e. The minimum atomic E-state index is -3.93. The third kappa shape index (κ3) is 7.85. The fourth-order valence-electron chi connectivity index (χ4n) is 3.16. The van der Waals surface area contributed by atoms with Crippen LogP contribution >= 0.6 is 23.2 Å². The maximum absolute atomic E-state index is 13.6. The zero-order chi connectivity index (χ0) is 25.5. The van der Waals surface area contributed by atoms with Gasteiger partial charge in [0.05, 0.1) is 17.0 Å². The molecule has 0 bridgehead atoms. The number of hydrogen-bond acceptors (Lipinski definition) is 4. The topological polar surface area (TPSA) is 86.8 Å². The summed E-state index contributed by atoms with van der Waals surface area (Å²) in [7, 11) is -3.93. The van der Waals surface area contributed by atoms with Gasteiger partial charge in [0.2, 0.25) is 21.8 Å². The molecule has 0 saturated carbocycles. The third-order valence-electron chi connectivity index (χ3n) is 5.13. The first-order chi connectivity index (χ1) is 15.9. The lowest BCUT2D eigenvalue weighted by molar-refractivity contribution is -0.139. The van der Waals surface area contributed by atoms with E-state index in [1.807, 2.05) is 6.92 Å². The minimum Gasteiger partial charge on any atom is -0.354 e. The number of carbonyl (C=O) groups excluding carboxylic acids is 2. The number of anilines is 1. The summed E-state index contributed by atoms with van der Waals surface area (Å²) in [6, 6.07) is 9.27. The van der Waals surface area contributed by atoms with Crippen molar-refractivity contribution in [3.8, 4) is 0 Å². The Morgan fingerprint density at radius 2 is 1.76 bits per heavy atom. The molecular formula is C23H28Cl2FN3O4S. The monoisotopic (exact) mass is 531 g/mol. The Labute approximate surface area is 209 Å². The van der Waals surface area contributed by atoms with Crippen molar-refractivity contribution in [3.63, 3.8) is 0 Å². The fraction of sp³-hybridized carbons (Fsp3) is 0.391. The molecule has 2 rings (SSSR count). The molecule has 2 amide bonds. The number of sulfonamides is 1. The molecule has 0 aromatic heterocycles. The van der Waals surface area contributed by atoms with Crippen molar-refractivity contribution in [1.82, 2.24) is 10.2 Å². The maximum atomic E-state index is 13.6. The van der Waals surface area contributed by atoms with Gasteiger partial charge in [-0.1, -0.05) is 48.7 Å². The number of hydrogen-bond donors (Lipinski definition) is 1. The summed E-state index contributed by atoms with van der Waals surface area (Å²) >= 11 is 11.8. The number of rotatable bonds is 11. The molecule has 0 heterocycles. The van der Waals surface area contributed by atoms with Crippen LogP contribution in [0, 0.1) is 5.82 Å². The lowest BCUT2D eigenvalue weighted by Gasteiger charge is -2.31. The number of benzene rings is 2. The van der Waals surface area contributed by atoms with E-state index in [0.717, 1.165) is 35.5 Å². The Hall–Kier alpha value is -2.36. The van der Waals surface area contributed by atoms with Gasteiger partial charge < -0.3 is 10.2 Å². The highest BCUT2D eigenvalue weighted by molar-refractivity contribution is 7.92. The molecule has 1 atom stereocenters. The van der Waals surface area contributed by atoms with Gasteiger partial charge in [0.15, 0.2) is 0 Å². The molecule has 1 unspecified atom stereocenters. The van der Waals surface area contributed by atoms with Crippen molar-refractivity contribution in [2.75, 3.05) is 23.7 Å². The molecule has 2 aromatic carbocycles. The van der Waals surface area contributed by atoms with Crippen LogP contribution < -0.4 is 9.62 Å². The van der Waals surface area contributed by atoms with Crippen LogP contribution in [0.5, 0.6) is 0 Å². The Balaban J connectivity index is 2.35. The van der Waals surface area contributed by atoms with E-state index in [-0.39, 0.29) is 23.2 Å². The van der Waals surface area contributed by atoms with Crippen molar-refractivity contribution in [3.05, 3.63) is 63.9 Å². The molecular weight excluding hydrogens is 504 g/mol. The molecule has 0 fully saturated rings. The van der Waals surface area contributed by atoms with Gasteiger partial charge in [-0.05, 0) is 49.2 Å². The highest BCUT2D eigenvalue weighted by atomic mass is 35.5. The van der Waals surface area contributed by atoms with E-state index in [1.54, 1.807) is 31.2 Å². The van der Waals surface area contributed by atoms with Gasteiger partial charge in [0, 0.05) is 18.1 Å². The highest BCUT2D eigenvalue weighted by Crippen LogP contribution is 2.25. The molecule has 7 nitrogen and oxygen atoms in total. The first-order valence-corrected chi connectivity index (χ1v) is 13.3. The maximum Gasteiger partial charge on any atom is 0.244 e. The minimum absolute atomic E-state index is 0.0359. The smallest absolute Gasteiger partial charge is 0.244 e. The van der Waals surface area contributed by atoms with Crippen molar-refractivity contribution < 1.29 is 22.4 Å². The molecule has 0 spiro atoms. The van der Waals surface area contributed by atoms with Crippen molar-refractivity contribution in [1.29, 1.82) is 0 Å². The number of amides is 2. The second kappa shape index (κ2) is 12.4. The molecule has 186 valence electrons. The van der Waals surface area contributed by atoms with E-state index in [1.165, 1.54) is 11.0 Å². The molecule has 0 radical (unpaired) electrons. The predicted molar refractivity (Wildman–Crippen MR) is 133 cm³/mol. The summed E-state index contributed by atoms with van der Waals surface area (Å²) in [6.07, 6.45) is 2.62. The van der Waals surface area contributed by atoms with Crippen LogP contribution in [0.25, 0.3) is 0 Å². The van der Waals surface area contributed by atoms with E-state index in [0.29, 0.717) is 17.1 Å². The first kappa shape index (κ1) is 27.9. The summed E-state index contributed by atoms with van der Waals surface area (Å²) in [6.45, 7) is 3.50. The van der Waals surface area contributed by atoms with Gasteiger partial charge in [0.1, 0.15) is 18.4 Å². The lowest BCUT2D eigenvalue weighted by atomic mass is 10.1. The standard InChI is InChI=1S/C23H28Cl2FN3O4S/c1-4-5-12-27-23(31)16(2)28(14-17-6-8-18(24)9-7-17)22(30)15-29(34(3,32)33)19-10-11-21(26)20(25)13-19/h6-11,13,16H,4-5,12,14-15H2,1-3H3,(H,27,31). The molecule has 0 aliphatic heterocycles.